The standard InChI is InChI=1S/C17H30Br2N2/c1-4-6-8-9-11-13-17(3,12-10-7-5-2)21-14-20-15(18)16(21)19/h14H,4-13H2,1-3H3. The molecular formula is C17H30Br2N2. The van der Waals surface area contributed by atoms with Gasteiger partial charge in [-0.25, -0.2) is 4.98 Å². The SMILES string of the molecule is CCCCCCCC(C)(CCCCC)n1cnc(Br)c1Br. The monoisotopic (exact) mass is 420 g/mol. The van der Waals surface area contributed by atoms with Gasteiger partial charge >= 0.3 is 0 Å². The number of rotatable bonds is 11. The molecule has 0 saturated heterocycles. The molecule has 0 saturated carbocycles. The van der Waals surface area contributed by atoms with Gasteiger partial charge in [0.15, 0.2) is 0 Å². The van der Waals surface area contributed by atoms with Crippen LogP contribution in [0.25, 0.3) is 0 Å². The highest BCUT2D eigenvalue weighted by Gasteiger charge is 2.28. The van der Waals surface area contributed by atoms with Crippen LogP contribution in [0.4, 0.5) is 0 Å². The van der Waals surface area contributed by atoms with E-state index in [1.807, 2.05) is 6.33 Å². The number of hydrogen-bond acceptors (Lipinski definition) is 1. The van der Waals surface area contributed by atoms with Gasteiger partial charge in [-0.2, -0.15) is 0 Å². The Balaban J connectivity index is 2.67. The summed E-state index contributed by atoms with van der Waals surface area (Å²) >= 11 is 7.20. The van der Waals surface area contributed by atoms with Gasteiger partial charge in [-0.3, -0.25) is 0 Å². The minimum atomic E-state index is 0.180. The van der Waals surface area contributed by atoms with E-state index >= 15 is 0 Å². The summed E-state index contributed by atoms with van der Waals surface area (Å²) in [5, 5.41) is 0. The summed E-state index contributed by atoms with van der Waals surface area (Å²) in [6.07, 6.45) is 15.1. The predicted octanol–water partition coefficient (Wildman–Crippen LogP) is 7.06. The summed E-state index contributed by atoms with van der Waals surface area (Å²) in [6.45, 7) is 6.93. The number of unbranched alkanes of at least 4 members (excludes halogenated alkanes) is 6. The molecule has 0 bridgehead atoms. The Kier molecular flexibility index (Phi) is 9.19. The van der Waals surface area contributed by atoms with Crippen molar-refractivity contribution in [2.24, 2.45) is 0 Å². The second-order valence-electron chi connectivity index (χ2n) is 6.31. The Morgan fingerprint density at radius 3 is 2.00 bits per heavy atom. The van der Waals surface area contributed by atoms with E-state index in [9.17, 15) is 0 Å². The lowest BCUT2D eigenvalue weighted by Crippen LogP contribution is -2.30. The first-order chi connectivity index (χ1) is 10.0. The second-order valence-corrected chi connectivity index (χ2v) is 7.82. The summed E-state index contributed by atoms with van der Waals surface area (Å²) in [4.78, 5) is 4.40. The van der Waals surface area contributed by atoms with Gasteiger partial charge in [-0.05, 0) is 51.6 Å². The third-order valence-electron chi connectivity index (χ3n) is 4.39. The molecule has 0 aliphatic heterocycles. The lowest BCUT2D eigenvalue weighted by molar-refractivity contribution is 0.247. The van der Waals surface area contributed by atoms with Crippen LogP contribution >= 0.6 is 31.9 Å². The molecule has 0 radical (unpaired) electrons. The minimum Gasteiger partial charge on any atom is -0.318 e. The van der Waals surface area contributed by atoms with Crippen molar-refractivity contribution >= 4 is 31.9 Å². The zero-order valence-electron chi connectivity index (χ0n) is 13.8. The van der Waals surface area contributed by atoms with E-state index in [-0.39, 0.29) is 5.54 Å². The fourth-order valence-corrected chi connectivity index (χ4v) is 3.82. The zero-order valence-corrected chi connectivity index (χ0v) is 17.0. The van der Waals surface area contributed by atoms with Gasteiger partial charge in [0.1, 0.15) is 9.21 Å². The van der Waals surface area contributed by atoms with Gasteiger partial charge in [-0.15, -0.1) is 0 Å². The highest BCUT2D eigenvalue weighted by Crippen LogP contribution is 2.35. The highest BCUT2D eigenvalue weighted by atomic mass is 79.9. The molecule has 0 N–H and O–H groups in total. The van der Waals surface area contributed by atoms with Gasteiger partial charge in [0, 0.05) is 5.54 Å². The Bertz CT molecular complexity index is 403. The highest BCUT2D eigenvalue weighted by molar-refractivity contribution is 9.13. The molecule has 0 aromatic carbocycles. The predicted molar refractivity (Wildman–Crippen MR) is 98.8 cm³/mol. The molecule has 1 aromatic rings. The van der Waals surface area contributed by atoms with E-state index in [0.717, 1.165) is 9.21 Å². The minimum absolute atomic E-state index is 0.180. The van der Waals surface area contributed by atoms with Crippen molar-refractivity contribution in [3.05, 3.63) is 15.5 Å². The lowest BCUT2D eigenvalue weighted by atomic mass is 9.88. The number of halogens is 2. The second kappa shape index (κ2) is 10.0. The van der Waals surface area contributed by atoms with Crippen LogP contribution in [0, 0.1) is 0 Å². The number of hydrogen-bond donors (Lipinski definition) is 0. The summed E-state index contributed by atoms with van der Waals surface area (Å²) in [5.41, 5.74) is 0.180. The first-order valence-electron chi connectivity index (χ1n) is 8.44. The summed E-state index contributed by atoms with van der Waals surface area (Å²) in [6, 6.07) is 0. The fraction of sp³-hybridized carbons (Fsp3) is 0.824. The maximum atomic E-state index is 4.40. The summed E-state index contributed by atoms with van der Waals surface area (Å²) < 4.78 is 4.32. The van der Waals surface area contributed by atoms with Gasteiger partial charge in [0.2, 0.25) is 0 Å². The van der Waals surface area contributed by atoms with Crippen LogP contribution in [0.1, 0.15) is 85.0 Å². The number of aromatic nitrogens is 2. The van der Waals surface area contributed by atoms with Gasteiger partial charge in [0.25, 0.3) is 0 Å². The van der Waals surface area contributed by atoms with E-state index in [2.05, 4.69) is 62.2 Å². The number of imidazole rings is 1. The zero-order chi connectivity index (χ0) is 15.7. The van der Waals surface area contributed by atoms with Crippen LogP contribution in [-0.4, -0.2) is 9.55 Å². The topological polar surface area (TPSA) is 17.8 Å². The Morgan fingerprint density at radius 1 is 0.952 bits per heavy atom. The molecule has 4 heteroatoms. The van der Waals surface area contributed by atoms with Crippen LogP contribution in [-0.2, 0) is 5.54 Å². The van der Waals surface area contributed by atoms with E-state index in [1.54, 1.807) is 0 Å². The molecule has 0 fully saturated rings. The van der Waals surface area contributed by atoms with E-state index in [0.29, 0.717) is 0 Å². The van der Waals surface area contributed by atoms with Gasteiger partial charge < -0.3 is 4.57 Å². The van der Waals surface area contributed by atoms with Gasteiger partial charge in [-0.1, -0.05) is 65.2 Å². The molecule has 0 amide bonds. The smallest absolute Gasteiger partial charge is 0.138 e. The molecule has 1 aromatic heterocycles. The summed E-state index contributed by atoms with van der Waals surface area (Å²) in [7, 11) is 0. The molecule has 122 valence electrons. The average Bonchev–Trinajstić information content (AvgIpc) is 2.80. The molecule has 0 spiro atoms. The first-order valence-corrected chi connectivity index (χ1v) is 10.0. The third kappa shape index (κ3) is 6.05. The first kappa shape index (κ1) is 19.2. The van der Waals surface area contributed by atoms with Crippen LogP contribution in [0.2, 0.25) is 0 Å². The van der Waals surface area contributed by atoms with Crippen molar-refractivity contribution in [3.8, 4) is 0 Å². The lowest BCUT2D eigenvalue weighted by Gasteiger charge is -2.32. The summed E-state index contributed by atoms with van der Waals surface area (Å²) in [5.74, 6) is 0. The molecule has 2 nitrogen and oxygen atoms in total. The van der Waals surface area contributed by atoms with Crippen LogP contribution < -0.4 is 0 Å². The Morgan fingerprint density at radius 2 is 1.48 bits per heavy atom. The molecule has 21 heavy (non-hydrogen) atoms. The Hall–Kier alpha value is 0.170. The molecule has 1 rings (SSSR count). The van der Waals surface area contributed by atoms with Crippen molar-refractivity contribution in [2.45, 2.75) is 90.5 Å². The van der Waals surface area contributed by atoms with Crippen molar-refractivity contribution in [3.63, 3.8) is 0 Å². The van der Waals surface area contributed by atoms with E-state index in [4.69, 9.17) is 0 Å². The van der Waals surface area contributed by atoms with Crippen LogP contribution in [0.15, 0.2) is 15.5 Å². The van der Waals surface area contributed by atoms with Crippen LogP contribution in [0.5, 0.6) is 0 Å². The quantitative estimate of drug-likeness (QED) is 0.349. The van der Waals surface area contributed by atoms with Crippen molar-refractivity contribution in [1.82, 2.24) is 9.55 Å². The average molecular weight is 422 g/mol. The van der Waals surface area contributed by atoms with Crippen LogP contribution in [0.3, 0.4) is 0 Å². The largest absolute Gasteiger partial charge is 0.318 e. The van der Waals surface area contributed by atoms with E-state index < -0.39 is 0 Å². The van der Waals surface area contributed by atoms with Crippen molar-refractivity contribution < 1.29 is 0 Å². The van der Waals surface area contributed by atoms with E-state index in [1.165, 1.54) is 64.2 Å². The maximum absolute atomic E-state index is 4.40. The molecule has 0 aliphatic carbocycles. The van der Waals surface area contributed by atoms with Crippen molar-refractivity contribution in [2.75, 3.05) is 0 Å². The van der Waals surface area contributed by atoms with Gasteiger partial charge in [0.05, 0.1) is 6.33 Å². The Labute approximate surface area is 147 Å². The maximum Gasteiger partial charge on any atom is 0.138 e. The van der Waals surface area contributed by atoms with Crippen molar-refractivity contribution in [1.29, 1.82) is 0 Å². The molecule has 0 aliphatic rings. The number of nitrogens with zero attached hydrogens (tertiary/aromatic N) is 2. The molecule has 1 atom stereocenters. The molecule has 1 heterocycles. The molecule has 1 unspecified atom stereocenters. The molecular weight excluding hydrogens is 392 g/mol. The normalized spacial score (nSPS) is 14.3. The third-order valence-corrected chi connectivity index (χ3v) is 6.26. The fourth-order valence-electron chi connectivity index (χ4n) is 2.92.